The van der Waals surface area contributed by atoms with Crippen molar-refractivity contribution in [1.29, 1.82) is 0 Å². The van der Waals surface area contributed by atoms with Crippen LogP contribution in [0.2, 0.25) is 0 Å². The first kappa shape index (κ1) is 35.9. The van der Waals surface area contributed by atoms with Crippen LogP contribution in [0.15, 0.2) is 223 Å². The smallest absolute Gasteiger partial charge is 0.160 e. The Balaban J connectivity index is 0.976. The third-order valence-electron chi connectivity index (χ3n) is 13.6. The Labute approximate surface area is 373 Å². The Bertz CT molecular complexity index is 4180. The van der Waals surface area contributed by atoms with Crippen molar-refractivity contribution in [3.05, 3.63) is 218 Å². The molecule has 0 aliphatic rings. The number of hydrogen-bond acceptors (Lipinski definition) is 3. The zero-order valence-corrected chi connectivity index (χ0v) is 35.1. The maximum Gasteiger partial charge on any atom is 0.160 e. The van der Waals surface area contributed by atoms with Gasteiger partial charge in [-0.25, -0.2) is 9.97 Å². The standard InChI is InChI=1S/C62H36N2O/c1-2-11-42(12-3-1)62-63-54(37-23-25-38(26-24-37)57-35-43-13-4-7-22-56(43)65-57)36-55(64-62)49-32-31-46(47-17-5-6-18-48(47)49)45-33-44-30-29-41-15-9-20-51-50-19-8-14-39-27-28-40-16-10-21-52(60(40)58(39)50)53(34-45)61(44)59(41)51/h1-36H. The number of para-hydroxylation sites is 1. The Morgan fingerprint density at radius 3 is 1.49 bits per heavy atom. The average molecular weight is 825 g/mol. The van der Waals surface area contributed by atoms with Crippen LogP contribution in [0.3, 0.4) is 0 Å². The Kier molecular flexibility index (Phi) is 7.69. The van der Waals surface area contributed by atoms with E-state index < -0.39 is 0 Å². The number of aromatic nitrogens is 2. The quantitative estimate of drug-likeness (QED) is 0.162. The lowest BCUT2D eigenvalue weighted by Gasteiger charge is -2.18. The van der Waals surface area contributed by atoms with Crippen molar-refractivity contribution in [3.8, 4) is 56.4 Å². The monoisotopic (exact) mass is 824 g/mol. The Morgan fingerprint density at radius 1 is 0.277 bits per heavy atom. The molecule has 3 nitrogen and oxygen atoms in total. The van der Waals surface area contributed by atoms with Crippen molar-refractivity contribution in [3.63, 3.8) is 0 Å². The van der Waals surface area contributed by atoms with E-state index in [4.69, 9.17) is 14.4 Å². The van der Waals surface area contributed by atoms with Crippen LogP contribution >= 0.6 is 0 Å². The van der Waals surface area contributed by atoms with E-state index in [1.807, 2.05) is 36.4 Å². The van der Waals surface area contributed by atoms with E-state index in [1.165, 1.54) is 81.1 Å². The number of fused-ring (bicyclic) bond motifs is 4. The summed E-state index contributed by atoms with van der Waals surface area (Å²) in [6, 6.07) is 78.9. The van der Waals surface area contributed by atoms with Gasteiger partial charge < -0.3 is 4.42 Å². The predicted molar refractivity (Wildman–Crippen MR) is 273 cm³/mol. The van der Waals surface area contributed by atoms with Crippen molar-refractivity contribution in [1.82, 2.24) is 9.97 Å². The first-order valence-corrected chi connectivity index (χ1v) is 22.2. The van der Waals surface area contributed by atoms with Gasteiger partial charge in [0, 0.05) is 27.6 Å². The molecule has 0 atom stereocenters. The van der Waals surface area contributed by atoms with Gasteiger partial charge in [-0.3, -0.25) is 0 Å². The minimum Gasteiger partial charge on any atom is -0.456 e. The van der Waals surface area contributed by atoms with Gasteiger partial charge in [-0.2, -0.15) is 0 Å². The molecule has 2 heterocycles. The molecule has 0 N–H and O–H groups in total. The Morgan fingerprint density at radius 2 is 0.800 bits per heavy atom. The van der Waals surface area contributed by atoms with Crippen LogP contribution in [-0.2, 0) is 0 Å². The number of furan rings is 1. The molecule has 0 bridgehead atoms. The molecular weight excluding hydrogens is 789 g/mol. The molecule has 0 saturated carbocycles. The van der Waals surface area contributed by atoms with E-state index in [0.29, 0.717) is 5.82 Å². The summed E-state index contributed by atoms with van der Waals surface area (Å²) in [5, 5.41) is 18.7. The second kappa shape index (κ2) is 13.9. The fraction of sp³-hybridized carbons (Fsp3) is 0. The van der Waals surface area contributed by atoms with Crippen molar-refractivity contribution in [2.45, 2.75) is 0 Å². The van der Waals surface area contributed by atoms with E-state index >= 15 is 0 Å². The van der Waals surface area contributed by atoms with Gasteiger partial charge in [-0.05, 0) is 117 Å². The molecule has 14 rings (SSSR count). The molecule has 12 aromatic carbocycles. The van der Waals surface area contributed by atoms with Gasteiger partial charge in [0.1, 0.15) is 11.3 Å². The molecule has 14 aromatic rings. The summed E-state index contributed by atoms with van der Waals surface area (Å²) in [6.07, 6.45) is 0. The molecule has 0 saturated heterocycles. The summed E-state index contributed by atoms with van der Waals surface area (Å²) in [6.45, 7) is 0. The summed E-state index contributed by atoms with van der Waals surface area (Å²) < 4.78 is 6.21. The van der Waals surface area contributed by atoms with Gasteiger partial charge in [0.15, 0.2) is 5.82 Å². The summed E-state index contributed by atoms with van der Waals surface area (Å²) in [7, 11) is 0. The number of hydrogen-bond donors (Lipinski definition) is 0. The summed E-state index contributed by atoms with van der Waals surface area (Å²) >= 11 is 0. The molecule has 3 heteroatoms. The van der Waals surface area contributed by atoms with Crippen LogP contribution < -0.4 is 0 Å². The molecule has 0 radical (unpaired) electrons. The number of nitrogens with zero attached hydrogens (tertiary/aromatic N) is 2. The van der Waals surface area contributed by atoms with Crippen LogP contribution in [0.1, 0.15) is 0 Å². The second-order valence-electron chi connectivity index (χ2n) is 17.2. The van der Waals surface area contributed by atoms with Crippen LogP contribution in [0.25, 0.3) is 143 Å². The highest BCUT2D eigenvalue weighted by atomic mass is 16.3. The normalized spacial score (nSPS) is 12.0. The minimum atomic E-state index is 0.686. The lowest BCUT2D eigenvalue weighted by Crippen LogP contribution is -1.97. The van der Waals surface area contributed by atoms with E-state index in [2.05, 4.69) is 182 Å². The molecule has 0 aliphatic heterocycles. The molecule has 0 spiro atoms. The summed E-state index contributed by atoms with van der Waals surface area (Å²) in [5.74, 6) is 1.53. The Hall–Kier alpha value is -8.66. The van der Waals surface area contributed by atoms with Gasteiger partial charge in [-0.15, -0.1) is 0 Å². The fourth-order valence-electron chi connectivity index (χ4n) is 10.6. The highest BCUT2D eigenvalue weighted by molar-refractivity contribution is 6.37. The van der Waals surface area contributed by atoms with Gasteiger partial charge in [0.25, 0.3) is 0 Å². The zero-order chi connectivity index (χ0) is 42.6. The van der Waals surface area contributed by atoms with Gasteiger partial charge >= 0.3 is 0 Å². The second-order valence-corrected chi connectivity index (χ2v) is 17.2. The highest BCUT2D eigenvalue weighted by Gasteiger charge is 2.19. The average Bonchev–Trinajstić information content (AvgIpc) is 3.82. The van der Waals surface area contributed by atoms with E-state index in [-0.39, 0.29) is 0 Å². The fourth-order valence-corrected chi connectivity index (χ4v) is 10.6. The van der Waals surface area contributed by atoms with Crippen LogP contribution in [0, 0.1) is 0 Å². The maximum atomic E-state index is 6.21. The minimum absolute atomic E-state index is 0.686. The zero-order valence-electron chi connectivity index (χ0n) is 35.1. The third-order valence-corrected chi connectivity index (χ3v) is 13.6. The number of benzene rings is 11. The van der Waals surface area contributed by atoms with Gasteiger partial charge in [-0.1, -0.05) is 188 Å². The summed E-state index contributed by atoms with van der Waals surface area (Å²) in [5.41, 5.74) is 9.03. The molecule has 0 fully saturated rings. The molecule has 2 aromatic heterocycles. The lowest BCUT2D eigenvalue weighted by atomic mass is 9.86. The topological polar surface area (TPSA) is 38.9 Å². The molecule has 0 unspecified atom stereocenters. The maximum absolute atomic E-state index is 6.21. The molecular formula is C62H36N2O. The SMILES string of the molecule is c1ccc(-c2nc(-c3ccc(-c4cc5ccccc5o4)cc3)cc(-c3ccc(-c4cc5ccc6cccc7c8cccc9ccc%10cccc(c(c4)c5c67)c%10c98)c4ccccc34)n2)cc1. The van der Waals surface area contributed by atoms with Crippen LogP contribution in [0.5, 0.6) is 0 Å². The van der Waals surface area contributed by atoms with Crippen LogP contribution in [-0.4, -0.2) is 9.97 Å². The van der Waals surface area contributed by atoms with E-state index in [1.54, 1.807) is 0 Å². The largest absolute Gasteiger partial charge is 0.456 e. The molecule has 0 aliphatic carbocycles. The first-order valence-electron chi connectivity index (χ1n) is 22.2. The molecule has 300 valence electrons. The predicted octanol–water partition coefficient (Wildman–Crippen LogP) is 17.1. The third kappa shape index (κ3) is 5.56. The lowest BCUT2D eigenvalue weighted by molar-refractivity contribution is 0.631. The summed E-state index contributed by atoms with van der Waals surface area (Å²) in [4.78, 5) is 10.5. The van der Waals surface area contributed by atoms with E-state index in [0.717, 1.165) is 55.8 Å². The van der Waals surface area contributed by atoms with Gasteiger partial charge in [0.2, 0.25) is 0 Å². The van der Waals surface area contributed by atoms with Crippen molar-refractivity contribution in [2.24, 2.45) is 0 Å². The number of rotatable bonds is 5. The van der Waals surface area contributed by atoms with Crippen molar-refractivity contribution in [2.75, 3.05) is 0 Å². The van der Waals surface area contributed by atoms with E-state index in [9.17, 15) is 0 Å². The van der Waals surface area contributed by atoms with Crippen molar-refractivity contribution < 1.29 is 4.42 Å². The highest BCUT2D eigenvalue weighted by Crippen LogP contribution is 2.46. The van der Waals surface area contributed by atoms with Crippen molar-refractivity contribution >= 4 is 86.4 Å². The molecule has 65 heavy (non-hydrogen) atoms. The molecule has 0 amide bonds. The first-order chi connectivity index (χ1) is 32.2. The van der Waals surface area contributed by atoms with Gasteiger partial charge in [0.05, 0.1) is 11.4 Å². The van der Waals surface area contributed by atoms with Crippen LogP contribution in [0.4, 0.5) is 0 Å².